The van der Waals surface area contributed by atoms with Crippen LogP contribution in [0, 0.1) is 13.8 Å². The Morgan fingerprint density at radius 3 is 2.86 bits per heavy atom. The van der Waals surface area contributed by atoms with Crippen molar-refractivity contribution in [3.8, 4) is 0 Å². The van der Waals surface area contributed by atoms with Gasteiger partial charge in [0.2, 0.25) is 0 Å². The molecule has 2 heterocycles. The number of hydrogen-bond acceptors (Lipinski definition) is 6. The molecule has 0 aliphatic rings. The van der Waals surface area contributed by atoms with Crippen molar-refractivity contribution < 1.29 is 14.3 Å². The second-order valence-electron chi connectivity index (χ2n) is 6.74. The number of carbonyl (C=O) groups is 2. The molecule has 1 unspecified atom stereocenters. The van der Waals surface area contributed by atoms with Crippen molar-refractivity contribution in [2.45, 2.75) is 39.7 Å². The van der Waals surface area contributed by atoms with E-state index in [4.69, 9.17) is 16.3 Å². The fourth-order valence-electron chi connectivity index (χ4n) is 3.10. The Balaban J connectivity index is 1.49. The second-order valence-corrected chi connectivity index (χ2v) is 7.17. The number of fused-ring (bicyclic) bond motifs is 1. The van der Waals surface area contributed by atoms with Gasteiger partial charge in [0.05, 0.1) is 6.04 Å². The lowest BCUT2D eigenvalue weighted by atomic mass is 10.1. The Bertz CT molecular complexity index is 1050. The Hall–Kier alpha value is -3.00. The number of halogens is 1. The van der Waals surface area contributed by atoms with Crippen molar-refractivity contribution in [1.29, 1.82) is 0 Å². The van der Waals surface area contributed by atoms with E-state index in [1.54, 1.807) is 16.6 Å². The first kappa shape index (κ1) is 20.7. The van der Waals surface area contributed by atoms with Gasteiger partial charge in [0, 0.05) is 22.8 Å². The molecule has 0 bridgehead atoms. The first-order valence-corrected chi connectivity index (χ1v) is 9.59. The standard InChI is InChI=1S/C20H22ClN5O3/c1-12(15-5-4-6-16(21)9-15)24-18(27)10-29-19(28)8-7-17-13(2)25-20-22-11-23-26(20)14(17)3/h4-6,9,11-12H,7-8,10H2,1-3H3,(H,24,27). The lowest BCUT2D eigenvalue weighted by molar-refractivity contribution is -0.148. The zero-order chi connectivity index (χ0) is 21.0. The minimum Gasteiger partial charge on any atom is -0.456 e. The summed E-state index contributed by atoms with van der Waals surface area (Å²) in [5, 5.41) is 7.51. The number of esters is 1. The van der Waals surface area contributed by atoms with Crippen molar-refractivity contribution >= 4 is 29.3 Å². The second kappa shape index (κ2) is 9.00. The molecule has 1 amide bonds. The van der Waals surface area contributed by atoms with Crippen LogP contribution in [0.15, 0.2) is 30.6 Å². The molecule has 1 atom stereocenters. The molecule has 0 aliphatic carbocycles. The molecule has 0 radical (unpaired) electrons. The quantitative estimate of drug-likeness (QED) is 0.596. The van der Waals surface area contributed by atoms with Gasteiger partial charge in [-0.3, -0.25) is 9.59 Å². The maximum absolute atomic E-state index is 12.1. The summed E-state index contributed by atoms with van der Waals surface area (Å²) in [6, 6.07) is 6.98. The van der Waals surface area contributed by atoms with E-state index in [1.165, 1.54) is 6.33 Å². The largest absolute Gasteiger partial charge is 0.456 e. The smallest absolute Gasteiger partial charge is 0.306 e. The third-order valence-electron chi connectivity index (χ3n) is 4.66. The van der Waals surface area contributed by atoms with E-state index < -0.39 is 5.97 Å². The lowest BCUT2D eigenvalue weighted by Gasteiger charge is -2.15. The Morgan fingerprint density at radius 2 is 2.10 bits per heavy atom. The normalized spacial score (nSPS) is 12.0. The number of nitrogens with one attached hydrogen (secondary N) is 1. The van der Waals surface area contributed by atoms with Gasteiger partial charge in [-0.05, 0) is 50.5 Å². The van der Waals surface area contributed by atoms with Crippen LogP contribution in [0.25, 0.3) is 5.78 Å². The summed E-state index contributed by atoms with van der Waals surface area (Å²) >= 11 is 5.97. The van der Waals surface area contributed by atoms with E-state index in [9.17, 15) is 9.59 Å². The van der Waals surface area contributed by atoms with Crippen LogP contribution in [-0.2, 0) is 20.7 Å². The van der Waals surface area contributed by atoms with E-state index in [0.717, 1.165) is 22.5 Å². The van der Waals surface area contributed by atoms with Crippen LogP contribution in [-0.4, -0.2) is 38.1 Å². The number of carbonyl (C=O) groups excluding carboxylic acids is 2. The minimum atomic E-state index is -0.451. The number of amides is 1. The maximum Gasteiger partial charge on any atom is 0.306 e. The summed E-state index contributed by atoms with van der Waals surface area (Å²) in [6.45, 7) is 5.28. The summed E-state index contributed by atoms with van der Waals surface area (Å²) < 4.78 is 6.74. The van der Waals surface area contributed by atoms with E-state index in [-0.39, 0.29) is 25.0 Å². The predicted molar refractivity (Wildman–Crippen MR) is 108 cm³/mol. The highest BCUT2D eigenvalue weighted by atomic mass is 35.5. The summed E-state index contributed by atoms with van der Waals surface area (Å²) in [5.41, 5.74) is 3.47. The van der Waals surface area contributed by atoms with E-state index in [2.05, 4.69) is 20.4 Å². The average Bonchev–Trinajstić information content (AvgIpc) is 3.14. The zero-order valence-electron chi connectivity index (χ0n) is 16.5. The molecule has 0 saturated heterocycles. The van der Waals surface area contributed by atoms with Gasteiger partial charge < -0.3 is 10.1 Å². The van der Waals surface area contributed by atoms with Gasteiger partial charge in [-0.1, -0.05) is 23.7 Å². The Kier molecular flexibility index (Phi) is 6.43. The predicted octanol–water partition coefficient (Wildman–Crippen LogP) is 2.75. The molecule has 2 aromatic heterocycles. The number of hydrogen-bond donors (Lipinski definition) is 1. The molecule has 0 spiro atoms. The number of aromatic nitrogens is 4. The van der Waals surface area contributed by atoms with Crippen LogP contribution < -0.4 is 5.32 Å². The molecule has 0 aliphatic heterocycles. The molecule has 1 N–H and O–H groups in total. The summed E-state index contributed by atoms with van der Waals surface area (Å²) in [7, 11) is 0. The van der Waals surface area contributed by atoms with E-state index >= 15 is 0 Å². The van der Waals surface area contributed by atoms with Gasteiger partial charge in [0.1, 0.15) is 6.33 Å². The molecule has 3 aromatic rings. The van der Waals surface area contributed by atoms with Crippen molar-refractivity contribution in [2.75, 3.05) is 6.61 Å². The molecule has 8 nitrogen and oxygen atoms in total. The third kappa shape index (κ3) is 5.08. The molecule has 0 fully saturated rings. The van der Waals surface area contributed by atoms with Crippen LogP contribution in [0.5, 0.6) is 0 Å². The van der Waals surface area contributed by atoms with Gasteiger partial charge in [-0.15, -0.1) is 0 Å². The number of ether oxygens (including phenoxy) is 1. The first-order chi connectivity index (χ1) is 13.8. The Labute approximate surface area is 173 Å². The van der Waals surface area contributed by atoms with Gasteiger partial charge in [-0.2, -0.15) is 10.1 Å². The van der Waals surface area contributed by atoms with Crippen LogP contribution in [0.3, 0.4) is 0 Å². The summed E-state index contributed by atoms with van der Waals surface area (Å²) in [6.07, 6.45) is 2.02. The lowest BCUT2D eigenvalue weighted by Crippen LogP contribution is -2.31. The molecular weight excluding hydrogens is 394 g/mol. The molecule has 1 aromatic carbocycles. The number of rotatable bonds is 7. The first-order valence-electron chi connectivity index (χ1n) is 9.21. The highest BCUT2D eigenvalue weighted by molar-refractivity contribution is 6.30. The minimum absolute atomic E-state index is 0.140. The molecule has 0 saturated carbocycles. The van der Waals surface area contributed by atoms with Gasteiger partial charge in [0.15, 0.2) is 6.61 Å². The summed E-state index contributed by atoms with van der Waals surface area (Å²) in [5.74, 6) is -0.297. The van der Waals surface area contributed by atoms with Crippen LogP contribution in [0.4, 0.5) is 0 Å². The topological polar surface area (TPSA) is 98.5 Å². The van der Waals surface area contributed by atoms with Crippen LogP contribution in [0.1, 0.15) is 41.9 Å². The zero-order valence-corrected chi connectivity index (χ0v) is 17.2. The highest BCUT2D eigenvalue weighted by Gasteiger charge is 2.15. The molecule has 9 heteroatoms. The van der Waals surface area contributed by atoms with Crippen molar-refractivity contribution in [2.24, 2.45) is 0 Å². The van der Waals surface area contributed by atoms with Gasteiger partial charge in [0.25, 0.3) is 11.7 Å². The maximum atomic E-state index is 12.1. The SMILES string of the molecule is Cc1nc2ncnn2c(C)c1CCC(=O)OCC(=O)NC(C)c1cccc(Cl)c1. The van der Waals surface area contributed by atoms with Gasteiger partial charge >= 0.3 is 5.97 Å². The van der Waals surface area contributed by atoms with E-state index in [1.807, 2.05) is 32.9 Å². The molecular formula is C20H22ClN5O3. The third-order valence-corrected chi connectivity index (χ3v) is 4.89. The van der Waals surface area contributed by atoms with Gasteiger partial charge in [-0.25, -0.2) is 9.50 Å². The summed E-state index contributed by atoms with van der Waals surface area (Å²) in [4.78, 5) is 32.6. The molecule has 29 heavy (non-hydrogen) atoms. The number of benzene rings is 1. The highest BCUT2D eigenvalue weighted by Crippen LogP contribution is 2.17. The number of nitrogens with zero attached hydrogens (tertiary/aromatic N) is 4. The van der Waals surface area contributed by atoms with Crippen LogP contribution >= 0.6 is 11.6 Å². The fraction of sp³-hybridized carbons (Fsp3) is 0.350. The Morgan fingerprint density at radius 1 is 1.31 bits per heavy atom. The van der Waals surface area contributed by atoms with Crippen molar-refractivity contribution in [1.82, 2.24) is 24.9 Å². The van der Waals surface area contributed by atoms with E-state index in [0.29, 0.717) is 17.2 Å². The molecule has 3 rings (SSSR count). The average molecular weight is 416 g/mol. The van der Waals surface area contributed by atoms with Crippen LogP contribution in [0.2, 0.25) is 5.02 Å². The fourth-order valence-corrected chi connectivity index (χ4v) is 3.30. The van der Waals surface area contributed by atoms with Crippen molar-refractivity contribution in [3.05, 3.63) is 58.1 Å². The van der Waals surface area contributed by atoms with Crippen molar-refractivity contribution in [3.63, 3.8) is 0 Å². The molecule has 152 valence electrons. The monoisotopic (exact) mass is 415 g/mol. The number of aryl methyl sites for hydroxylation is 2.